The zero-order chi connectivity index (χ0) is 13.1. The fourth-order valence-electron chi connectivity index (χ4n) is 1.24. The molecular weight excluding hydrogens is 258 g/mol. The fourth-order valence-corrected chi connectivity index (χ4v) is 2.16. The molecule has 7 heteroatoms. The van der Waals surface area contributed by atoms with Crippen molar-refractivity contribution in [2.75, 3.05) is 0 Å². The van der Waals surface area contributed by atoms with Crippen molar-refractivity contribution in [1.29, 1.82) is 5.41 Å². The molecule has 0 saturated heterocycles. The van der Waals surface area contributed by atoms with Crippen LogP contribution in [0.3, 0.4) is 0 Å². The summed E-state index contributed by atoms with van der Waals surface area (Å²) in [5.74, 6) is -1.39. The molecule has 2 rings (SSSR count). The van der Waals surface area contributed by atoms with Crippen molar-refractivity contribution in [3.8, 4) is 0 Å². The molecule has 0 aliphatic carbocycles. The fraction of sp³-hybridized carbons (Fsp3) is 0. The minimum Gasteiger partial charge on any atom is -0.382 e. The summed E-state index contributed by atoms with van der Waals surface area (Å²) in [5.41, 5.74) is 5.48. The predicted molar refractivity (Wildman–Crippen MR) is 63.5 cm³/mol. The molecule has 3 N–H and O–H groups in total. The van der Waals surface area contributed by atoms with Crippen molar-refractivity contribution in [3.63, 3.8) is 0 Å². The number of rotatable bonds is 3. The number of aromatic nitrogens is 2. The highest BCUT2D eigenvalue weighted by Gasteiger charge is 2.12. The van der Waals surface area contributed by atoms with Gasteiger partial charge in [0.1, 0.15) is 28.2 Å². The molecule has 0 spiro atoms. The summed E-state index contributed by atoms with van der Waals surface area (Å²) in [5, 5.41) is 7.59. The van der Waals surface area contributed by atoms with Crippen LogP contribution in [-0.4, -0.2) is 15.8 Å². The van der Waals surface area contributed by atoms with E-state index < -0.39 is 11.6 Å². The Morgan fingerprint density at radius 2 is 1.94 bits per heavy atom. The van der Waals surface area contributed by atoms with Crippen LogP contribution in [0.5, 0.6) is 0 Å². The van der Waals surface area contributed by atoms with Crippen LogP contribution >= 0.6 is 11.8 Å². The molecule has 0 fully saturated rings. The highest BCUT2D eigenvalue weighted by atomic mass is 32.2. The van der Waals surface area contributed by atoms with Gasteiger partial charge in [-0.3, -0.25) is 5.41 Å². The number of hydrogen-bond acceptors (Lipinski definition) is 4. The first-order valence-corrected chi connectivity index (χ1v) is 5.68. The van der Waals surface area contributed by atoms with Gasteiger partial charge < -0.3 is 5.73 Å². The number of nitrogens with two attached hydrogens (primary N) is 1. The van der Waals surface area contributed by atoms with Crippen molar-refractivity contribution < 1.29 is 8.78 Å². The maximum Gasteiger partial charge on any atom is 0.144 e. The van der Waals surface area contributed by atoms with E-state index in [2.05, 4.69) is 9.97 Å². The largest absolute Gasteiger partial charge is 0.382 e. The van der Waals surface area contributed by atoms with Gasteiger partial charge in [0.05, 0.1) is 4.90 Å². The highest BCUT2D eigenvalue weighted by Crippen LogP contribution is 2.30. The van der Waals surface area contributed by atoms with Gasteiger partial charge in [0, 0.05) is 12.4 Å². The Labute approximate surface area is 106 Å². The number of hydrogen-bond donors (Lipinski definition) is 2. The average Bonchev–Trinajstić information content (AvgIpc) is 2.34. The van der Waals surface area contributed by atoms with Gasteiger partial charge in [-0.2, -0.15) is 0 Å². The van der Waals surface area contributed by atoms with E-state index in [9.17, 15) is 8.78 Å². The molecule has 0 aliphatic heterocycles. The van der Waals surface area contributed by atoms with Crippen LogP contribution in [0.4, 0.5) is 8.78 Å². The van der Waals surface area contributed by atoms with Crippen LogP contribution in [0.1, 0.15) is 5.69 Å². The molecule has 2 aromatic rings. The zero-order valence-electron chi connectivity index (χ0n) is 9.02. The summed E-state index contributed by atoms with van der Waals surface area (Å²) in [6.07, 6.45) is 2.77. The molecule has 0 unspecified atom stereocenters. The molecule has 1 aromatic heterocycles. The van der Waals surface area contributed by atoms with Crippen LogP contribution in [0, 0.1) is 17.0 Å². The van der Waals surface area contributed by atoms with Crippen LogP contribution in [0.15, 0.2) is 40.5 Å². The Morgan fingerprint density at radius 1 is 1.22 bits per heavy atom. The van der Waals surface area contributed by atoms with E-state index in [1.807, 2.05) is 0 Å². The quantitative estimate of drug-likeness (QED) is 0.659. The van der Waals surface area contributed by atoms with E-state index in [0.717, 1.165) is 30.0 Å². The maximum atomic E-state index is 13.5. The standard InChI is InChI=1S/C11H8F2N4S/c12-6-1-2-7(13)8(5-6)18-11-9(10(14)15)16-3-4-17-11/h1-5H,(H3,14,15). The van der Waals surface area contributed by atoms with Crippen LogP contribution in [-0.2, 0) is 0 Å². The van der Waals surface area contributed by atoms with Gasteiger partial charge in [-0.1, -0.05) is 11.8 Å². The van der Waals surface area contributed by atoms with Gasteiger partial charge in [-0.15, -0.1) is 0 Å². The van der Waals surface area contributed by atoms with Crippen molar-refractivity contribution >= 4 is 17.6 Å². The molecule has 0 amide bonds. The van der Waals surface area contributed by atoms with Crippen molar-refractivity contribution in [1.82, 2.24) is 9.97 Å². The molecule has 1 heterocycles. The predicted octanol–water partition coefficient (Wildman–Crippen LogP) is 2.19. The normalized spacial score (nSPS) is 10.3. The van der Waals surface area contributed by atoms with E-state index in [1.165, 1.54) is 12.4 Å². The molecule has 0 atom stereocenters. The Bertz CT molecular complexity index is 603. The first-order valence-electron chi connectivity index (χ1n) is 4.86. The topological polar surface area (TPSA) is 75.7 Å². The summed E-state index contributed by atoms with van der Waals surface area (Å²) < 4.78 is 26.5. The number of nitrogens with zero attached hydrogens (tertiary/aromatic N) is 2. The zero-order valence-corrected chi connectivity index (χ0v) is 9.84. The Balaban J connectivity index is 2.40. The lowest BCUT2D eigenvalue weighted by atomic mass is 10.3. The van der Waals surface area contributed by atoms with Gasteiger partial charge in [0.2, 0.25) is 0 Å². The first-order chi connectivity index (χ1) is 8.58. The van der Waals surface area contributed by atoms with E-state index in [1.54, 1.807) is 0 Å². The summed E-state index contributed by atoms with van der Waals surface area (Å²) >= 11 is 0.874. The molecule has 18 heavy (non-hydrogen) atoms. The molecular formula is C11H8F2N4S. The molecule has 92 valence electrons. The van der Waals surface area contributed by atoms with Crippen LogP contribution in [0.25, 0.3) is 0 Å². The number of nitrogen functional groups attached to an aromatic ring is 1. The lowest BCUT2D eigenvalue weighted by molar-refractivity contribution is 0.577. The van der Waals surface area contributed by atoms with Gasteiger partial charge in [0.15, 0.2) is 0 Å². The van der Waals surface area contributed by atoms with Gasteiger partial charge in [-0.05, 0) is 18.2 Å². The first kappa shape index (κ1) is 12.4. The third-order valence-electron chi connectivity index (χ3n) is 2.02. The molecule has 0 bridgehead atoms. The Morgan fingerprint density at radius 3 is 2.67 bits per heavy atom. The van der Waals surface area contributed by atoms with Crippen LogP contribution in [0.2, 0.25) is 0 Å². The molecule has 0 saturated carbocycles. The van der Waals surface area contributed by atoms with Crippen molar-refractivity contribution in [2.24, 2.45) is 5.73 Å². The lowest BCUT2D eigenvalue weighted by Gasteiger charge is -2.06. The third kappa shape index (κ3) is 2.62. The number of nitrogens with one attached hydrogen (secondary N) is 1. The number of halogens is 2. The number of benzene rings is 1. The van der Waals surface area contributed by atoms with E-state index >= 15 is 0 Å². The molecule has 0 radical (unpaired) electrons. The second-order valence-electron chi connectivity index (χ2n) is 3.30. The smallest absolute Gasteiger partial charge is 0.144 e. The molecule has 0 aliphatic rings. The maximum absolute atomic E-state index is 13.5. The second-order valence-corrected chi connectivity index (χ2v) is 4.33. The van der Waals surface area contributed by atoms with Crippen LogP contribution < -0.4 is 5.73 Å². The summed E-state index contributed by atoms with van der Waals surface area (Å²) in [7, 11) is 0. The van der Waals surface area contributed by atoms with E-state index in [-0.39, 0.29) is 21.5 Å². The summed E-state index contributed by atoms with van der Waals surface area (Å²) in [6, 6.07) is 3.11. The number of amidine groups is 1. The third-order valence-corrected chi connectivity index (χ3v) is 3.04. The summed E-state index contributed by atoms with van der Waals surface area (Å²) in [6.45, 7) is 0. The summed E-state index contributed by atoms with van der Waals surface area (Å²) in [4.78, 5) is 7.90. The lowest BCUT2D eigenvalue weighted by Crippen LogP contribution is -2.15. The van der Waals surface area contributed by atoms with Gasteiger partial charge in [0.25, 0.3) is 0 Å². The van der Waals surface area contributed by atoms with E-state index in [0.29, 0.717) is 0 Å². The highest BCUT2D eigenvalue weighted by molar-refractivity contribution is 7.99. The molecule has 1 aromatic carbocycles. The van der Waals surface area contributed by atoms with Crippen molar-refractivity contribution in [3.05, 3.63) is 47.9 Å². The molecule has 4 nitrogen and oxygen atoms in total. The van der Waals surface area contributed by atoms with E-state index in [4.69, 9.17) is 11.1 Å². The minimum absolute atomic E-state index is 0.0676. The SMILES string of the molecule is N=C(N)c1nccnc1Sc1cc(F)ccc1F. The van der Waals surface area contributed by atoms with Gasteiger partial charge in [-0.25, -0.2) is 18.7 Å². The Hall–Kier alpha value is -2.02. The Kier molecular flexibility index (Phi) is 3.52. The minimum atomic E-state index is -0.568. The monoisotopic (exact) mass is 266 g/mol. The second kappa shape index (κ2) is 5.09. The van der Waals surface area contributed by atoms with Crippen molar-refractivity contribution in [2.45, 2.75) is 9.92 Å². The van der Waals surface area contributed by atoms with Gasteiger partial charge >= 0.3 is 0 Å². The average molecular weight is 266 g/mol.